The quantitative estimate of drug-likeness (QED) is 0.578. The highest BCUT2D eigenvalue weighted by Crippen LogP contribution is 2.42. The molecule has 0 amide bonds. The van der Waals surface area contributed by atoms with Crippen LogP contribution in [-0.2, 0) is 0 Å². The summed E-state index contributed by atoms with van der Waals surface area (Å²) >= 11 is 0. The summed E-state index contributed by atoms with van der Waals surface area (Å²) in [5.74, 6) is -0.993. The summed E-state index contributed by atoms with van der Waals surface area (Å²) in [6.45, 7) is 0. The standard InChI is InChI=1S/C12H22O3/c13-10-6-4-9(5-7-10)11-3-1-2-8-12(11,14)15/h9-11,13-15H,1-8H2. The molecule has 3 heteroatoms. The second kappa shape index (κ2) is 4.40. The van der Waals surface area contributed by atoms with Gasteiger partial charge in [-0.05, 0) is 44.4 Å². The molecule has 2 aliphatic carbocycles. The Morgan fingerprint density at radius 1 is 0.867 bits per heavy atom. The number of rotatable bonds is 1. The Morgan fingerprint density at radius 2 is 1.53 bits per heavy atom. The maximum atomic E-state index is 9.95. The Balaban J connectivity index is 1.96. The zero-order valence-electron chi connectivity index (χ0n) is 9.23. The monoisotopic (exact) mass is 214 g/mol. The topological polar surface area (TPSA) is 60.7 Å². The molecule has 88 valence electrons. The minimum absolute atomic E-state index is 0.0405. The van der Waals surface area contributed by atoms with Crippen molar-refractivity contribution in [2.75, 3.05) is 0 Å². The lowest BCUT2D eigenvalue weighted by Crippen LogP contribution is -2.45. The minimum Gasteiger partial charge on any atom is -0.393 e. The van der Waals surface area contributed by atoms with Crippen LogP contribution in [0.3, 0.4) is 0 Å². The Morgan fingerprint density at radius 3 is 2.13 bits per heavy atom. The van der Waals surface area contributed by atoms with Crippen LogP contribution in [0.15, 0.2) is 0 Å². The van der Waals surface area contributed by atoms with Crippen LogP contribution in [0.5, 0.6) is 0 Å². The molecule has 0 bridgehead atoms. The van der Waals surface area contributed by atoms with E-state index >= 15 is 0 Å². The van der Waals surface area contributed by atoms with Crippen LogP contribution in [0.2, 0.25) is 0 Å². The van der Waals surface area contributed by atoms with Gasteiger partial charge in [-0.15, -0.1) is 0 Å². The molecule has 2 saturated carbocycles. The third-order valence-corrected chi connectivity index (χ3v) is 4.21. The number of hydrogen-bond donors (Lipinski definition) is 3. The normalized spacial score (nSPS) is 41.4. The van der Waals surface area contributed by atoms with E-state index in [0.29, 0.717) is 12.3 Å². The van der Waals surface area contributed by atoms with E-state index in [1.807, 2.05) is 0 Å². The zero-order valence-corrected chi connectivity index (χ0v) is 9.23. The third-order valence-electron chi connectivity index (χ3n) is 4.21. The molecule has 2 aliphatic rings. The molecular weight excluding hydrogens is 192 g/mol. The van der Waals surface area contributed by atoms with Gasteiger partial charge in [-0.1, -0.05) is 6.42 Å². The highest BCUT2D eigenvalue weighted by Gasteiger charge is 2.42. The SMILES string of the molecule is OC1CCC(C2CCCCC2(O)O)CC1. The van der Waals surface area contributed by atoms with Crippen LogP contribution in [-0.4, -0.2) is 27.2 Å². The van der Waals surface area contributed by atoms with Crippen molar-refractivity contribution >= 4 is 0 Å². The maximum Gasteiger partial charge on any atom is 0.165 e. The molecule has 2 rings (SSSR count). The van der Waals surface area contributed by atoms with E-state index < -0.39 is 5.79 Å². The van der Waals surface area contributed by atoms with E-state index in [-0.39, 0.29) is 12.0 Å². The van der Waals surface area contributed by atoms with Gasteiger partial charge in [0.15, 0.2) is 5.79 Å². The molecule has 0 spiro atoms. The first-order valence-electron chi connectivity index (χ1n) is 6.22. The van der Waals surface area contributed by atoms with Gasteiger partial charge in [0, 0.05) is 12.3 Å². The highest BCUT2D eigenvalue weighted by molar-refractivity contribution is 4.88. The first kappa shape index (κ1) is 11.4. The third kappa shape index (κ3) is 2.52. The van der Waals surface area contributed by atoms with Crippen molar-refractivity contribution in [1.29, 1.82) is 0 Å². The molecule has 0 radical (unpaired) electrons. The predicted octanol–water partition coefficient (Wildman–Crippen LogP) is 1.41. The average Bonchev–Trinajstić information content (AvgIpc) is 2.19. The number of hydrogen-bond acceptors (Lipinski definition) is 3. The summed E-state index contributed by atoms with van der Waals surface area (Å²) in [7, 11) is 0. The van der Waals surface area contributed by atoms with Gasteiger partial charge in [-0.25, -0.2) is 0 Å². The molecule has 0 aromatic carbocycles. The fourth-order valence-corrected chi connectivity index (χ4v) is 3.28. The summed E-state index contributed by atoms with van der Waals surface area (Å²) < 4.78 is 0. The zero-order chi connectivity index (χ0) is 10.9. The predicted molar refractivity (Wildman–Crippen MR) is 57.1 cm³/mol. The lowest BCUT2D eigenvalue weighted by atomic mass is 9.70. The first-order valence-corrected chi connectivity index (χ1v) is 6.22. The molecule has 0 saturated heterocycles. The van der Waals surface area contributed by atoms with Crippen LogP contribution >= 0.6 is 0 Å². The van der Waals surface area contributed by atoms with E-state index in [9.17, 15) is 15.3 Å². The number of aliphatic hydroxyl groups is 3. The molecule has 0 heterocycles. The Kier molecular flexibility index (Phi) is 3.33. The second-order valence-electron chi connectivity index (χ2n) is 5.30. The maximum absolute atomic E-state index is 9.95. The summed E-state index contributed by atoms with van der Waals surface area (Å²) in [6.07, 6.45) is 6.92. The lowest BCUT2D eigenvalue weighted by molar-refractivity contribution is -0.232. The van der Waals surface area contributed by atoms with Crippen LogP contribution in [0.4, 0.5) is 0 Å². The van der Waals surface area contributed by atoms with Crippen LogP contribution in [0.25, 0.3) is 0 Å². The van der Waals surface area contributed by atoms with Gasteiger partial charge in [-0.3, -0.25) is 0 Å². The van der Waals surface area contributed by atoms with Crippen molar-refractivity contribution < 1.29 is 15.3 Å². The van der Waals surface area contributed by atoms with E-state index in [1.54, 1.807) is 0 Å². The van der Waals surface area contributed by atoms with Gasteiger partial charge in [0.05, 0.1) is 6.10 Å². The molecule has 1 unspecified atom stereocenters. The fourth-order valence-electron chi connectivity index (χ4n) is 3.28. The first-order chi connectivity index (χ1) is 7.09. The summed E-state index contributed by atoms with van der Waals surface area (Å²) in [5, 5.41) is 29.3. The Bertz CT molecular complexity index is 207. The molecule has 1 atom stereocenters. The van der Waals surface area contributed by atoms with E-state index in [4.69, 9.17) is 0 Å². The van der Waals surface area contributed by atoms with Crippen LogP contribution in [0, 0.1) is 11.8 Å². The molecular formula is C12H22O3. The molecule has 0 aliphatic heterocycles. The van der Waals surface area contributed by atoms with Gasteiger partial charge in [-0.2, -0.15) is 0 Å². The molecule has 3 N–H and O–H groups in total. The van der Waals surface area contributed by atoms with Gasteiger partial charge < -0.3 is 15.3 Å². The van der Waals surface area contributed by atoms with Crippen molar-refractivity contribution in [2.45, 2.75) is 63.3 Å². The van der Waals surface area contributed by atoms with E-state index in [2.05, 4.69) is 0 Å². The van der Waals surface area contributed by atoms with Crippen LogP contribution < -0.4 is 0 Å². The fraction of sp³-hybridized carbons (Fsp3) is 1.00. The summed E-state index contributed by atoms with van der Waals surface area (Å²) in [4.78, 5) is 0. The van der Waals surface area contributed by atoms with Crippen molar-refractivity contribution in [1.82, 2.24) is 0 Å². The lowest BCUT2D eigenvalue weighted by Gasteiger charge is -2.42. The largest absolute Gasteiger partial charge is 0.393 e. The van der Waals surface area contributed by atoms with Crippen molar-refractivity contribution in [2.24, 2.45) is 11.8 Å². The molecule has 15 heavy (non-hydrogen) atoms. The van der Waals surface area contributed by atoms with Crippen molar-refractivity contribution in [3.05, 3.63) is 0 Å². The van der Waals surface area contributed by atoms with Gasteiger partial charge in [0.1, 0.15) is 0 Å². The molecule has 0 aromatic heterocycles. The van der Waals surface area contributed by atoms with E-state index in [0.717, 1.165) is 44.9 Å². The molecule has 3 nitrogen and oxygen atoms in total. The van der Waals surface area contributed by atoms with Crippen molar-refractivity contribution in [3.63, 3.8) is 0 Å². The Labute approximate surface area is 91.1 Å². The van der Waals surface area contributed by atoms with Gasteiger partial charge in [0.2, 0.25) is 0 Å². The summed E-state index contributed by atoms with van der Waals surface area (Å²) in [6, 6.07) is 0. The Hall–Kier alpha value is -0.120. The summed E-state index contributed by atoms with van der Waals surface area (Å²) in [5.41, 5.74) is 0. The van der Waals surface area contributed by atoms with E-state index in [1.165, 1.54) is 0 Å². The second-order valence-corrected chi connectivity index (χ2v) is 5.30. The smallest absolute Gasteiger partial charge is 0.165 e. The van der Waals surface area contributed by atoms with Crippen LogP contribution in [0.1, 0.15) is 51.4 Å². The van der Waals surface area contributed by atoms with Gasteiger partial charge in [0.25, 0.3) is 0 Å². The average molecular weight is 214 g/mol. The number of aliphatic hydroxyl groups excluding tert-OH is 1. The van der Waals surface area contributed by atoms with Gasteiger partial charge >= 0.3 is 0 Å². The molecule has 2 fully saturated rings. The minimum atomic E-state index is -1.44. The molecule has 0 aromatic rings. The highest BCUT2D eigenvalue weighted by atomic mass is 16.5. The van der Waals surface area contributed by atoms with Crippen molar-refractivity contribution in [3.8, 4) is 0 Å².